The molecule has 1 fully saturated rings. The van der Waals surface area contributed by atoms with Crippen LogP contribution < -0.4 is 5.32 Å². The van der Waals surface area contributed by atoms with Crippen molar-refractivity contribution in [1.82, 2.24) is 15.2 Å². The Morgan fingerprint density at radius 2 is 2.24 bits per heavy atom. The number of nitrogens with zero attached hydrogens (tertiary/aromatic N) is 3. The zero-order chi connectivity index (χ0) is 19.4. The van der Waals surface area contributed by atoms with Gasteiger partial charge in [0, 0.05) is 49.4 Å². The second kappa shape index (κ2) is 14.2. The number of thioether (sulfide) groups is 1. The molecule has 1 aromatic heterocycles. The second-order valence-electron chi connectivity index (χ2n) is 6.84. The van der Waals surface area contributed by atoms with Gasteiger partial charge < -0.3 is 15.0 Å². The predicted molar refractivity (Wildman–Crippen MR) is 135 cm³/mol. The number of halogens is 1. The van der Waals surface area contributed by atoms with Crippen LogP contribution in [-0.4, -0.2) is 54.4 Å². The minimum Gasteiger partial charge on any atom is -0.376 e. The SMILES string of the molecule is CCNC(=NCCCSc1nccs1)N1CCC(COCc2ccccc2)C1.I. The third-order valence-electron chi connectivity index (χ3n) is 4.58. The van der Waals surface area contributed by atoms with Crippen LogP contribution in [0.1, 0.15) is 25.3 Å². The van der Waals surface area contributed by atoms with Gasteiger partial charge in [-0.2, -0.15) is 0 Å². The van der Waals surface area contributed by atoms with E-state index in [1.165, 1.54) is 12.0 Å². The van der Waals surface area contributed by atoms with E-state index in [1.54, 1.807) is 11.3 Å². The Labute approximate surface area is 199 Å². The summed E-state index contributed by atoms with van der Waals surface area (Å²) >= 11 is 3.52. The van der Waals surface area contributed by atoms with E-state index in [0.717, 1.165) is 55.3 Å². The van der Waals surface area contributed by atoms with Crippen LogP contribution in [0.5, 0.6) is 0 Å². The van der Waals surface area contributed by atoms with E-state index in [2.05, 4.69) is 46.4 Å². The number of rotatable bonds is 10. The van der Waals surface area contributed by atoms with E-state index in [1.807, 2.05) is 29.4 Å². The van der Waals surface area contributed by atoms with Crippen LogP contribution in [0, 0.1) is 5.92 Å². The first kappa shape index (κ1) is 24.4. The first-order chi connectivity index (χ1) is 13.8. The van der Waals surface area contributed by atoms with E-state index >= 15 is 0 Å². The predicted octanol–water partition coefficient (Wildman–Crippen LogP) is 4.75. The molecule has 0 bridgehead atoms. The van der Waals surface area contributed by atoms with Crippen LogP contribution in [0.25, 0.3) is 0 Å². The average Bonchev–Trinajstić information content (AvgIpc) is 3.40. The molecule has 2 aromatic rings. The molecule has 0 spiro atoms. The zero-order valence-corrected chi connectivity index (χ0v) is 20.9. The van der Waals surface area contributed by atoms with E-state index < -0.39 is 0 Å². The Hall–Kier alpha value is -0.840. The van der Waals surface area contributed by atoms with Crippen molar-refractivity contribution in [2.45, 2.75) is 30.7 Å². The summed E-state index contributed by atoms with van der Waals surface area (Å²) in [7, 11) is 0. The first-order valence-corrected chi connectivity index (χ1v) is 11.9. The third-order valence-corrected chi connectivity index (χ3v) is 6.64. The van der Waals surface area contributed by atoms with Crippen LogP contribution in [0.4, 0.5) is 0 Å². The Balaban J connectivity index is 0.00000300. The summed E-state index contributed by atoms with van der Waals surface area (Å²) < 4.78 is 7.09. The van der Waals surface area contributed by atoms with Crippen molar-refractivity contribution in [3.63, 3.8) is 0 Å². The number of aromatic nitrogens is 1. The maximum Gasteiger partial charge on any atom is 0.193 e. The van der Waals surface area contributed by atoms with Crippen molar-refractivity contribution in [2.24, 2.45) is 10.9 Å². The van der Waals surface area contributed by atoms with Gasteiger partial charge in [0.15, 0.2) is 5.96 Å². The molecule has 1 aromatic carbocycles. The molecule has 1 aliphatic rings. The summed E-state index contributed by atoms with van der Waals surface area (Å²) in [5.74, 6) is 2.69. The number of hydrogen-bond donors (Lipinski definition) is 1. The molecule has 1 N–H and O–H groups in total. The van der Waals surface area contributed by atoms with E-state index in [0.29, 0.717) is 12.5 Å². The number of benzene rings is 1. The quantitative estimate of drug-likeness (QED) is 0.153. The Morgan fingerprint density at radius 1 is 1.38 bits per heavy atom. The Bertz CT molecular complexity index is 700. The van der Waals surface area contributed by atoms with Crippen molar-refractivity contribution in [3.05, 3.63) is 47.5 Å². The molecule has 1 atom stereocenters. The lowest BCUT2D eigenvalue weighted by Crippen LogP contribution is -2.40. The van der Waals surface area contributed by atoms with E-state index in [-0.39, 0.29) is 24.0 Å². The topological polar surface area (TPSA) is 49.8 Å². The molecule has 0 aliphatic carbocycles. The van der Waals surface area contributed by atoms with Crippen molar-refractivity contribution < 1.29 is 4.74 Å². The molecule has 3 rings (SSSR count). The molecule has 0 amide bonds. The second-order valence-corrected chi connectivity index (χ2v) is 9.07. The largest absolute Gasteiger partial charge is 0.376 e. The fraction of sp³-hybridized carbons (Fsp3) is 0.524. The van der Waals surface area contributed by atoms with Crippen LogP contribution in [0.15, 0.2) is 51.2 Å². The van der Waals surface area contributed by atoms with Crippen molar-refractivity contribution in [3.8, 4) is 0 Å². The summed E-state index contributed by atoms with van der Waals surface area (Å²) in [4.78, 5) is 11.5. The Morgan fingerprint density at radius 3 is 3.00 bits per heavy atom. The zero-order valence-electron chi connectivity index (χ0n) is 17.0. The number of likely N-dealkylation sites (tertiary alicyclic amines) is 1. The number of nitrogens with one attached hydrogen (secondary N) is 1. The molecule has 1 aliphatic heterocycles. The van der Waals surface area contributed by atoms with Gasteiger partial charge >= 0.3 is 0 Å². The summed E-state index contributed by atoms with van der Waals surface area (Å²) in [6.45, 7) is 7.47. The molecular weight excluding hydrogens is 515 g/mol. The van der Waals surface area contributed by atoms with Crippen LogP contribution in [-0.2, 0) is 11.3 Å². The van der Waals surface area contributed by atoms with Crippen LogP contribution in [0.2, 0.25) is 0 Å². The first-order valence-electron chi connectivity index (χ1n) is 10.0. The van der Waals surface area contributed by atoms with Gasteiger partial charge in [-0.25, -0.2) is 4.98 Å². The van der Waals surface area contributed by atoms with Crippen molar-refractivity contribution in [1.29, 1.82) is 0 Å². The molecule has 8 heteroatoms. The maximum absolute atomic E-state index is 5.95. The summed E-state index contributed by atoms with van der Waals surface area (Å²) in [6.07, 6.45) is 4.09. The number of hydrogen-bond acceptors (Lipinski definition) is 5. The minimum atomic E-state index is 0. The van der Waals surface area contributed by atoms with Gasteiger partial charge in [0.2, 0.25) is 0 Å². The molecule has 1 saturated heterocycles. The number of thiazole rings is 1. The van der Waals surface area contributed by atoms with Gasteiger partial charge in [-0.1, -0.05) is 42.1 Å². The normalized spacial score (nSPS) is 16.7. The Kier molecular flexibility index (Phi) is 12.0. The lowest BCUT2D eigenvalue weighted by Gasteiger charge is -2.21. The fourth-order valence-electron chi connectivity index (χ4n) is 3.20. The van der Waals surface area contributed by atoms with E-state index in [9.17, 15) is 0 Å². The standard InChI is InChI=1S/C21H30N4OS2.HI/c1-2-22-20(23-10-6-13-27-21-24-11-14-28-21)25-12-9-19(15-25)17-26-16-18-7-4-3-5-8-18;/h3-5,7-8,11,14,19H,2,6,9-10,12-13,15-17H2,1H3,(H,22,23);1H. The number of aliphatic imine (C=N–C) groups is 1. The lowest BCUT2D eigenvalue weighted by atomic mass is 10.1. The highest BCUT2D eigenvalue weighted by atomic mass is 127. The van der Waals surface area contributed by atoms with E-state index in [4.69, 9.17) is 9.73 Å². The molecule has 0 radical (unpaired) electrons. The number of ether oxygens (including phenoxy) is 1. The minimum absolute atomic E-state index is 0. The molecule has 160 valence electrons. The van der Waals surface area contributed by atoms with Gasteiger partial charge in [0.25, 0.3) is 0 Å². The molecule has 1 unspecified atom stereocenters. The van der Waals surface area contributed by atoms with Gasteiger partial charge in [-0.15, -0.1) is 35.3 Å². The molecule has 5 nitrogen and oxygen atoms in total. The highest BCUT2D eigenvalue weighted by Crippen LogP contribution is 2.21. The molecule has 0 saturated carbocycles. The summed E-state index contributed by atoms with van der Waals surface area (Å²) in [5, 5.41) is 5.47. The maximum atomic E-state index is 5.95. The van der Waals surface area contributed by atoms with Crippen molar-refractivity contribution >= 4 is 53.0 Å². The smallest absolute Gasteiger partial charge is 0.193 e. The third kappa shape index (κ3) is 8.82. The molecular formula is C21H31IN4OS2. The van der Waals surface area contributed by atoms with Crippen LogP contribution >= 0.6 is 47.1 Å². The van der Waals surface area contributed by atoms with Gasteiger partial charge in [0.05, 0.1) is 13.2 Å². The van der Waals surface area contributed by atoms with Gasteiger partial charge in [-0.05, 0) is 25.3 Å². The fourth-order valence-corrected chi connectivity index (χ4v) is 4.83. The van der Waals surface area contributed by atoms with Gasteiger partial charge in [-0.3, -0.25) is 4.99 Å². The summed E-state index contributed by atoms with van der Waals surface area (Å²) in [5.41, 5.74) is 1.24. The molecule has 29 heavy (non-hydrogen) atoms. The highest BCUT2D eigenvalue weighted by Gasteiger charge is 2.24. The highest BCUT2D eigenvalue weighted by molar-refractivity contribution is 14.0. The van der Waals surface area contributed by atoms with Gasteiger partial charge in [0.1, 0.15) is 4.34 Å². The summed E-state index contributed by atoms with van der Waals surface area (Å²) in [6, 6.07) is 10.4. The lowest BCUT2D eigenvalue weighted by molar-refractivity contribution is 0.0907. The van der Waals surface area contributed by atoms with Crippen molar-refractivity contribution in [2.75, 3.05) is 38.5 Å². The monoisotopic (exact) mass is 546 g/mol. The molecule has 2 heterocycles. The van der Waals surface area contributed by atoms with Crippen LogP contribution in [0.3, 0.4) is 0 Å². The number of guanidine groups is 1. The average molecular weight is 547 g/mol.